The molecule has 0 bridgehead atoms. The fourth-order valence-corrected chi connectivity index (χ4v) is 2.50. The average Bonchev–Trinajstić information content (AvgIpc) is 3.12. The van der Waals surface area contributed by atoms with E-state index in [1.165, 1.54) is 18.3 Å². The van der Waals surface area contributed by atoms with E-state index >= 15 is 0 Å². The topological polar surface area (TPSA) is 85.1 Å². The number of nitrogens with one attached hydrogen (secondary N) is 1. The van der Waals surface area contributed by atoms with Gasteiger partial charge in [0.05, 0.1) is 11.8 Å². The molecule has 0 saturated heterocycles. The molecule has 1 N–H and O–H groups in total. The molecule has 1 aromatic heterocycles. The number of nitrogens with zero attached hydrogens (tertiary/aromatic N) is 5. The van der Waals surface area contributed by atoms with E-state index in [4.69, 9.17) is 0 Å². The Morgan fingerprint density at radius 1 is 1.21 bits per heavy atom. The number of rotatable bonds is 5. The molecule has 150 valence electrons. The molecule has 2 aromatic carbocycles. The summed E-state index contributed by atoms with van der Waals surface area (Å²) in [6.07, 6.45) is -2.94. The number of amides is 1. The van der Waals surface area contributed by atoms with Crippen LogP contribution in [0.1, 0.15) is 22.3 Å². The van der Waals surface area contributed by atoms with E-state index in [1.807, 2.05) is 32.0 Å². The lowest BCUT2D eigenvalue weighted by atomic mass is 10.1. The highest BCUT2D eigenvalue weighted by Gasteiger charge is 2.30. The van der Waals surface area contributed by atoms with Crippen LogP contribution in [-0.2, 0) is 17.5 Å². The van der Waals surface area contributed by atoms with E-state index in [2.05, 4.69) is 25.9 Å². The van der Waals surface area contributed by atoms with Gasteiger partial charge in [0.2, 0.25) is 5.82 Å². The number of hydrogen-bond donors (Lipinski definition) is 1. The van der Waals surface area contributed by atoms with Gasteiger partial charge in [0, 0.05) is 5.56 Å². The van der Waals surface area contributed by atoms with Gasteiger partial charge in [-0.15, -0.1) is 10.2 Å². The smallest absolute Gasteiger partial charge is 0.271 e. The average molecular weight is 402 g/mol. The third kappa shape index (κ3) is 5.24. The molecule has 0 radical (unpaired) electrons. The molecule has 0 aliphatic heterocycles. The zero-order valence-corrected chi connectivity index (χ0v) is 15.6. The molecule has 0 atom stereocenters. The normalized spacial score (nSPS) is 11.8. The van der Waals surface area contributed by atoms with Crippen molar-refractivity contribution in [2.45, 2.75) is 26.6 Å². The summed E-state index contributed by atoms with van der Waals surface area (Å²) in [7, 11) is 0. The highest BCUT2D eigenvalue weighted by atomic mass is 19.4. The quantitative estimate of drug-likeness (QED) is 0.525. The minimum atomic E-state index is -4.47. The number of tetrazole rings is 1. The van der Waals surface area contributed by atoms with E-state index in [9.17, 15) is 18.0 Å². The maximum atomic E-state index is 12.8. The van der Waals surface area contributed by atoms with Gasteiger partial charge in [-0.1, -0.05) is 35.9 Å². The van der Waals surface area contributed by atoms with Crippen LogP contribution < -0.4 is 5.43 Å². The molecule has 1 amide bonds. The van der Waals surface area contributed by atoms with Gasteiger partial charge < -0.3 is 0 Å². The van der Waals surface area contributed by atoms with Crippen molar-refractivity contribution in [2.75, 3.05) is 0 Å². The van der Waals surface area contributed by atoms with Crippen LogP contribution in [0.5, 0.6) is 0 Å². The summed E-state index contributed by atoms with van der Waals surface area (Å²) in [6, 6.07) is 10.4. The minimum absolute atomic E-state index is 0.0113. The fourth-order valence-electron chi connectivity index (χ4n) is 2.50. The molecule has 0 aliphatic rings. The maximum Gasteiger partial charge on any atom is 0.416 e. The summed E-state index contributed by atoms with van der Waals surface area (Å²) in [4.78, 5) is 13.0. The predicted octanol–water partition coefficient (Wildman–Crippen LogP) is 3.13. The van der Waals surface area contributed by atoms with Crippen molar-refractivity contribution < 1.29 is 18.0 Å². The summed E-state index contributed by atoms with van der Waals surface area (Å²) in [5, 5.41) is 15.3. The first-order chi connectivity index (χ1) is 13.7. The first kappa shape index (κ1) is 20.2. The second-order valence-corrected chi connectivity index (χ2v) is 6.38. The molecule has 7 nitrogen and oxygen atoms in total. The summed E-state index contributed by atoms with van der Waals surface area (Å²) in [5.74, 6) is -0.512. The molecule has 3 rings (SSSR count). The Labute approximate surface area is 164 Å². The molecule has 0 aliphatic carbocycles. The molecule has 29 heavy (non-hydrogen) atoms. The Kier molecular flexibility index (Phi) is 5.71. The van der Waals surface area contributed by atoms with Gasteiger partial charge >= 0.3 is 6.18 Å². The summed E-state index contributed by atoms with van der Waals surface area (Å²) < 4.78 is 38.5. The van der Waals surface area contributed by atoms with Crippen LogP contribution in [0, 0.1) is 13.8 Å². The summed E-state index contributed by atoms with van der Waals surface area (Å²) >= 11 is 0. The zero-order chi connectivity index (χ0) is 21.0. The number of hydrazone groups is 1. The number of hydrogen-bond acceptors (Lipinski definition) is 5. The van der Waals surface area contributed by atoms with Gasteiger partial charge in [0.15, 0.2) is 0 Å². The molecule has 0 saturated carbocycles. The first-order valence-corrected chi connectivity index (χ1v) is 8.57. The van der Waals surface area contributed by atoms with Crippen LogP contribution in [0.15, 0.2) is 47.6 Å². The first-order valence-electron chi connectivity index (χ1n) is 8.57. The number of aryl methyl sites for hydroxylation is 2. The van der Waals surface area contributed by atoms with Crippen molar-refractivity contribution >= 4 is 12.1 Å². The van der Waals surface area contributed by atoms with Crippen LogP contribution in [0.3, 0.4) is 0 Å². The number of benzene rings is 2. The lowest BCUT2D eigenvalue weighted by molar-refractivity contribution is -0.137. The maximum absolute atomic E-state index is 12.8. The monoisotopic (exact) mass is 402 g/mol. The molecule has 0 unspecified atom stereocenters. The van der Waals surface area contributed by atoms with Crippen molar-refractivity contribution in [2.24, 2.45) is 5.10 Å². The zero-order valence-electron chi connectivity index (χ0n) is 15.6. The van der Waals surface area contributed by atoms with E-state index in [0.717, 1.165) is 33.6 Å². The van der Waals surface area contributed by atoms with E-state index in [-0.39, 0.29) is 17.9 Å². The van der Waals surface area contributed by atoms with Crippen molar-refractivity contribution in [3.05, 3.63) is 64.7 Å². The molecule has 0 fully saturated rings. The molecule has 10 heteroatoms. The number of alkyl halides is 3. The molecule has 3 aromatic rings. The second kappa shape index (κ2) is 8.21. The molecule has 0 spiro atoms. The van der Waals surface area contributed by atoms with Gasteiger partial charge in [-0.25, -0.2) is 5.43 Å². The predicted molar refractivity (Wildman–Crippen MR) is 99.9 cm³/mol. The Morgan fingerprint density at radius 3 is 2.76 bits per heavy atom. The van der Waals surface area contributed by atoms with Crippen molar-refractivity contribution in [1.82, 2.24) is 25.6 Å². The SMILES string of the molecule is Cc1ccc(C)c(/C=N\NC(=O)Cn2nnc(-c3cccc(C(F)(F)F)c3)n2)c1. The largest absolute Gasteiger partial charge is 0.416 e. The minimum Gasteiger partial charge on any atom is -0.271 e. The highest BCUT2D eigenvalue weighted by molar-refractivity contribution is 5.83. The Morgan fingerprint density at radius 2 is 2.00 bits per heavy atom. The van der Waals surface area contributed by atoms with Gasteiger partial charge in [-0.2, -0.15) is 23.1 Å². The van der Waals surface area contributed by atoms with E-state index < -0.39 is 17.6 Å². The highest BCUT2D eigenvalue weighted by Crippen LogP contribution is 2.31. The number of carbonyl (C=O) groups excluding carboxylic acids is 1. The third-order valence-corrected chi connectivity index (χ3v) is 4.01. The van der Waals surface area contributed by atoms with Crippen molar-refractivity contribution in [3.8, 4) is 11.4 Å². The van der Waals surface area contributed by atoms with Gasteiger partial charge in [0.25, 0.3) is 5.91 Å². The Hall–Kier alpha value is -3.56. The van der Waals surface area contributed by atoms with Crippen molar-refractivity contribution in [1.29, 1.82) is 0 Å². The van der Waals surface area contributed by atoms with E-state index in [1.54, 1.807) is 0 Å². The Balaban J connectivity index is 1.63. The van der Waals surface area contributed by atoms with Crippen molar-refractivity contribution in [3.63, 3.8) is 0 Å². The number of halogens is 3. The van der Waals surface area contributed by atoms with Crippen LogP contribution in [0.2, 0.25) is 0 Å². The van der Waals surface area contributed by atoms with Crippen LogP contribution in [-0.4, -0.2) is 32.3 Å². The third-order valence-electron chi connectivity index (χ3n) is 4.01. The lowest BCUT2D eigenvalue weighted by Crippen LogP contribution is -2.24. The molecular formula is C19H17F3N6O. The van der Waals surface area contributed by atoms with Crippen LogP contribution in [0.25, 0.3) is 11.4 Å². The molecule has 1 heterocycles. The van der Waals surface area contributed by atoms with Crippen LogP contribution >= 0.6 is 0 Å². The van der Waals surface area contributed by atoms with Gasteiger partial charge in [-0.3, -0.25) is 4.79 Å². The molecular weight excluding hydrogens is 385 g/mol. The van der Waals surface area contributed by atoms with E-state index in [0.29, 0.717) is 0 Å². The van der Waals surface area contributed by atoms with Gasteiger partial charge in [-0.05, 0) is 42.3 Å². The second-order valence-electron chi connectivity index (χ2n) is 6.38. The number of carbonyl (C=O) groups is 1. The summed E-state index contributed by atoms with van der Waals surface area (Å²) in [6.45, 7) is 3.60. The number of aromatic nitrogens is 4. The standard InChI is InChI=1S/C19H17F3N6O/c1-12-6-7-13(2)15(8-12)10-23-24-17(29)11-28-26-18(25-27-28)14-4-3-5-16(9-14)19(20,21)22/h3-10H,11H2,1-2H3,(H,24,29)/b23-10-. The van der Waals surface area contributed by atoms with Crippen LogP contribution in [0.4, 0.5) is 13.2 Å². The Bertz CT molecular complexity index is 1060. The fraction of sp³-hybridized carbons (Fsp3) is 0.211. The summed E-state index contributed by atoms with van der Waals surface area (Å²) in [5.41, 5.74) is 4.64. The lowest BCUT2D eigenvalue weighted by Gasteiger charge is -2.06. The van der Waals surface area contributed by atoms with Gasteiger partial charge in [0.1, 0.15) is 6.54 Å².